The van der Waals surface area contributed by atoms with Crippen LogP contribution in [0.1, 0.15) is 16.7 Å². The van der Waals surface area contributed by atoms with Crippen molar-refractivity contribution in [2.45, 2.75) is 13.5 Å². The molecule has 0 aliphatic carbocycles. The smallest absolute Gasteiger partial charge is 0.270 e. The monoisotopic (exact) mass is 554 g/mol. The fourth-order valence-electron chi connectivity index (χ4n) is 3.60. The largest absolute Gasteiger partial charge is 0.493 e. The predicted molar refractivity (Wildman–Crippen MR) is 139 cm³/mol. The summed E-state index contributed by atoms with van der Waals surface area (Å²) in [4.78, 5) is 26.7. The lowest BCUT2D eigenvalue weighted by atomic mass is 10.1. The normalized spacial score (nSPS) is 14.8. The van der Waals surface area contributed by atoms with Crippen molar-refractivity contribution in [3.8, 4) is 11.5 Å². The number of hydrogen-bond donors (Lipinski definition) is 1. The molecule has 0 atom stereocenters. The van der Waals surface area contributed by atoms with Gasteiger partial charge in [0.2, 0.25) is 0 Å². The summed E-state index contributed by atoms with van der Waals surface area (Å²) in [6.07, 6.45) is 1.39. The molecule has 0 radical (unpaired) electrons. The fraction of sp³-hybridized carbons (Fsp3) is 0.115. The SMILES string of the molecule is COc1cc(/C=C2\C(=O)NC(=S)N(c3ccccc3F)C2=O)cc(Br)c1OCc1cccc(C)c1. The molecule has 1 heterocycles. The number of amides is 2. The molecule has 0 spiro atoms. The maximum atomic E-state index is 14.4. The number of anilines is 1. The third-order valence-electron chi connectivity index (χ3n) is 5.22. The van der Waals surface area contributed by atoms with Crippen LogP contribution in [0.5, 0.6) is 11.5 Å². The van der Waals surface area contributed by atoms with Gasteiger partial charge in [-0.15, -0.1) is 0 Å². The lowest BCUT2D eigenvalue weighted by molar-refractivity contribution is -0.122. The van der Waals surface area contributed by atoms with Crippen LogP contribution in [0.2, 0.25) is 0 Å². The predicted octanol–water partition coefficient (Wildman–Crippen LogP) is 5.32. The van der Waals surface area contributed by atoms with E-state index in [-0.39, 0.29) is 16.4 Å². The van der Waals surface area contributed by atoms with E-state index in [0.29, 0.717) is 28.1 Å². The number of aryl methyl sites for hydroxylation is 1. The van der Waals surface area contributed by atoms with Crippen molar-refractivity contribution >= 4 is 56.8 Å². The highest BCUT2D eigenvalue weighted by molar-refractivity contribution is 9.10. The molecule has 3 aromatic carbocycles. The van der Waals surface area contributed by atoms with Crippen LogP contribution >= 0.6 is 28.1 Å². The van der Waals surface area contributed by atoms with Gasteiger partial charge in [-0.2, -0.15) is 0 Å². The van der Waals surface area contributed by atoms with Crippen LogP contribution in [0.3, 0.4) is 0 Å². The van der Waals surface area contributed by atoms with Crippen LogP contribution in [0, 0.1) is 12.7 Å². The van der Waals surface area contributed by atoms with E-state index in [1.54, 1.807) is 18.2 Å². The first kappa shape index (κ1) is 24.6. The second kappa shape index (κ2) is 10.4. The van der Waals surface area contributed by atoms with E-state index in [2.05, 4.69) is 21.2 Å². The number of nitrogens with one attached hydrogen (secondary N) is 1. The van der Waals surface area contributed by atoms with Gasteiger partial charge in [-0.05, 0) is 76.5 Å². The molecule has 6 nitrogen and oxygen atoms in total. The first-order valence-electron chi connectivity index (χ1n) is 10.5. The molecular formula is C26H20BrFN2O4S. The summed E-state index contributed by atoms with van der Waals surface area (Å²) in [5, 5.41) is 2.25. The standard InChI is InChI=1S/C26H20BrFN2O4S/c1-15-6-5-7-16(10-15)14-34-23-19(27)12-17(13-22(23)33-2)11-18-24(31)29-26(35)30(25(18)32)21-9-4-3-8-20(21)28/h3-13H,14H2,1-2H3,(H,29,31,35)/b18-11+. The Labute approximate surface area is 215 Å². The molecule has 4 rings (SSSR count). The van der Waals surface area contributed by atoms with Gasteiger partial charge in [0.25, 0.3) is 11.8 Å². The van der Waals surface area contributed by atoms with Crippen LogP contribution in [0.15, 0.2) is 70.7 Å². The molecule has 1 aliphatic rings. The zero-order valence-electron chi connectivity index (χ0n) is 18.8. The lowest BCUT2D eigenvalue weighted by Crippen LogP contribution is -2.54. The van der Waals surface area contributed by atoms with E-state index >= 15 is 0 Å². The molecule has 0 bridgehead atoms. The van der Waals surface area contributed by atoms with E-state index in [0.717, 1.165) is 16.0 Å². The second-order valence-corrected chi connectivity index (χ2v) is 8.96. The quantitative estimate of drug-likeness (QED) is 0.254. The number of ether oxygens (including phenoxy) is 2. The van der Waals surface area contributed by atoms with Crippen molar-refractivity contribution in [1.29, 1.82) is 0 Å². The average Bonchev–Trinajstić information content (AvgIpc) is 2.82. The minimum absolute atomic E-state index is 0.0490. The molecule has 1 fully saturated rings. The van der Waals surface area contributed by atoms with E-state index < -0.39 is 17.6 Å². The molecule has 0 aromatic heterocycles. The molecule has 3 aromatic rings. The van der Waals surface area contributed by atoms with Gasteiger partial charge >= 0.3 is 0 Å². The van der Waals surface area contributed by atoms with Crippen LogP contribution in [0.25, 0.3) is 6.08 Å². The Morgan fingerprint density at radius 3 is 2.60 bits per heavy atom. The highest BCUT2D eigenvalue weighted by Gasteiger charge is 2.35. The molecule has 0 saturated carbocycles. The molecule has 2 amide bonds. The fourth-order valence-corrected chi connectivity index (χ4v) is 4.44. The maximum absolute atomic E-state index is 14.4. The number of benzene rings is 3. The molecule has 1 aliphatic heterocycles. The zero-order chi connectivity index (χ0) is 25.1. The van der Waals surface area contributed by atoms with E-state index in [1.165, 1.54) is 31.4 Å². The molecule has 178 valence electrons. The summed E-state index contributed by atoms with van der Waals surface area (Å²) in [7, 11) is 1.50. The van der Waals surface area contributed by atoms with Crippen molar-refractivity contribution in [1.82, 2.24) is 5.32 Å². The van der Waals surface area contributed by atoms with Crippen LogP contribution in [0.4, 0.5) is 10.1 Å². The number of nitrogens with zero attached hydrogens (tertiary/aromatic N) is 1. The van der Waals surface area contributed by atoms with Crippen LogP contribution in [-0.4, -0.2) is 24.0 Å². The van der Waals surface area contributed by atoms with Crippen LogP contribution in [-0.2, 0) is 16.2 Å². The number of carbonyl (C=O) groups excluding carboxylic acids is 2. The molecule has 1 N–H and O–H groups in total. The maximum Gasteiger partial charge on any atom is 0.270 e. The van der Waals surface area contributed by atoms with Gasteiger partial charge in [0.15, 0.2) is 16.6 Å². The first-order chi connectivity index (χ1) is 16.8. The Balaban J connectivity index is 1.65. The van der Waals surface area contributed by atoms with E-state index in [1.807, 2.05) is 31.2 Å². The summed E-state index contributed by atoms with van der Waals surface area (Å²) < 4.78 is 26.4. The number of hydrogen-bond acceptors (Lipinski definition) is 5. The highest BCUT2D eigenvalue weighted by Crippen LogP contribution is 2.38. The third-order valence-corrected chi connectivity index (χ3v) is 6.10. The number of para-hydroxylation sites is 1. The third kappa shape index (κ3) is 5.26. The molecule has 1 saturated heterocycles. The summed E-state index contributed by atoms with van der Waals surface area (Å²) in [6.45, 7) is 2.33. The van der Waals surface area contributed by atoms with Crippen LogP contribution < -0.4 is 19.7 Å². The lowest BCUT2D eigenvalue weighted by Gasteiger charge is -2.29. The van der Waals surface area contributed by atoms with Crippen molar-refractivity contribution in [3.05, 3.63) is 93.2 Å². The first-order valence-corrected chi connectivity index (χ1v) is 11.7. The Morgan fingerprint density at radius 2 is 1.89 bits per heavy atom. The number of halogens is 2. The zero-order valence-corrected chi connectivity index (χ0v) is 21.2. The topological polar surface area (TPSA) is 67.9 Å². The highest BCUT2D eigenvalue weighted by atomic mass is 79.9. The molecule has 9 heteroatoms. The Hall–Kier alpha value is -3.56. The number of thiocarbonyl (C=S) groups is 1. The Bertz CT molecular complexity index is 1380. The molecule has 0 unspecified atom stereocenters. The summed E-state index contributed by atoms with van der Waals surface area (Å²) >= 11 is 8.62. The summed E-state index contributed by atoms with van der Waals surface area (Å²) in [6, 6.07) is 17.0. The van der Waals surface area contributed by atoms with Gasteiger partial charge in [-0.1, -0.05) is 42.0 Å². The van der Waals surface area contributed by atoms with Crippen molar-refractivity contribution in [3.63, 3.8) is 0 Å². The summed E-state index contributed by atoms with van der Waals surface area (Å²) in [5.41, 5.74) is 2.37. The minimum atomic E-state index is -0.737. The van der Waals surface area contributed by atoms with Crippen molar-refractivity contribution in [2.24, 2.45) is 0 Å². The Morgan fingerprint density at radius 1 is 1.11 bits per heavy atom. The van der Waals surface area contributed by atoms with Gasteiger partial charge in [0, 0.05) is 0 Å². The number of rotatable bonds is 6. The number of carbonyl (C=O) groups is 2. The average molecular weight is 555 g/mol. The Kier molecular flexibility index (Phi) is 7.28. The molecular weight excluding hydrogens is 535 g/mol. The van der Waals surface area contributed by atoms with E-state index in [4.69, 9.17) is 21.7 Å². The van der Waals surface area contributed by atoms with Gasteiger partial charge in [-0.25, -0.2) is 9.29 Å². The molecule has 35 heavy (non-hydrogen) atoms. The van der Waals surface area contributed by atoms with Crippen molar-refractivity contribution < 1.29 is 23.5 Å². The van der Waals surface area contributed by atoms with Gasteiger partial charge in [0.05, 0.1) is 17.3 Å². The van der Waals surface area contributed by atoms with Gasteiger partial charge in [0.1, 0.15) is 18.0 Å². The van der Waals surface area contributed by atoms with E-state index in [9.17, 15) is 14.0 Å². The number of methoxy groups -OCH3 is 1. The van der Waals surface area contributed by atoms with Gasteiger partial charge in [-0.3, -0.25) is 14.9 Å². The summed E-state index contributed by atoms with van der Waals surface area (Å²) in [5.74, 6) is -1.17. The second-order valence-electron chi connectivity index (χ2n) is 7.72. The minimum Gasteiger partial charge on any atom is -0.493 e. The van der Waals surface area contributed by atoms with Crippen molar-refractivity contribution in [2.75, 3.05) is 12.0 Å². The van der Waals surface area contributed by atoms with Gasteiger partial charge < -0.3 is 9.47 Å².